The average Bonchev–Trinajstić information content (AvgIpc) is 2.97. The molecule has 2 heterocycles. The fraction of sp³-hybridized carbons (Fsp3) is 0.167. The number of hydrogen-bond acceptors (Lipinski definition) is 7. The van der Waals surface area contributed by atoms with Gasteiger partial charge in [0.15, 0.2) is 11.5 Å². The molecule has 0 fully saturated rings. The van der Waals surface area contributed by atoms with Crippen LogP contribution in [0.15, 0.2) is 35.1 Å². The van der Waals surface area contributed by atoms with Crippen LogP contribution in [-0.4, -0.2) is 42.0 Å². The summed E-state index contributed by atoms with van der Waals surface area (Å²) in [7, 11) is 0. The number of aliphatic imine (C=N–C) groups is 1. The SMILES string of the molecule is NC(=CC(=Nc1ncccc1Cl)C(=O)O)Cn1nnc(C(F)(F)F)n1. The van der Waals surface area contributed by atoms with Crippen molar-refractivity contribution >= 4 is 29.1 Å². The molecule has 2 aromatic rings. The lowest BCUT2D eigenvalue weighted by Gasteiger charge is -2.02. The molecule has 3 N–H and O–H groups in total. The van der Waals surface area contributed by atoms with Crippen LogP contribution in [0, 0.1) is 0 Å². The Bertz CT molecular complexity index is 847. The molecule has 2 aromatic heterocycles. The topological polar surface area (TPSA) is 132 Å². The maximum atomic E-state index is 12.4. The summed E-state index contributed by atoms with van der Waals surface area (Å²) < 4.78 is 37.2. The van der Waals surface area contributed by atoms with Crippen molar-refractivity contribution < 1.29 is 23.1 Å². The third-order valence-corrected chi connectivity index (χ3v) is 2.83. The number of carboxylic acid groups (broad SMARTS) is 1. The standard InChI is InChI=1S/C12H9ClF3N7O2/c13-7-2-1-3-18-9(7)19-8(10(24)25)4-6(17)5-23-21-11(20-22-23)12(14,15)16/h1-4H,5,17H2,(H,24,25). The quantitative estimate of drug-likeness (QED) is 0.755. The summed E-state index contributed by atoms with van der Waals surface area (Å²) in [6.45, 7) is -0.425. The molecule has 13 heteroatoms. The molecule has 0 unspecified atom stereocenters. The number of nitrogens with two attached hydrogens (primary N) is 1. The predicted molar refractivity (Wildman–Crippen MR) is 79.1 cm³/mol. The Kier molecular flexibility index (Phi) is 5.32. The van der Waals surface area contributed by atoms with E-state index in [9.17, 15) is 18.0 Å². The lowest BCUT2D eigenvalue weighted by Crippen LogP contribution is -2.17. The molecule has 0 aliphatic heterocycles. The summed E-state index contributed by atoms with van der Waals surface area (Å²) in [6, 6.07) is 2.98. The minimum atomic E-state index is -4.75. The Morgan fingerprint density at radius 1 is 1.48 bits per heavy atom. The molecule has 0 aliphatic rings. The molecule has 0 spiro atoms. The zero-order valence-corrected chi connectivity index (χ0v) is 12.9. The highest BCUT2D eigenvalue weighted by Crippen LogP contribution is 2.25. The minimum absolute atomic E-state index is 0.0520. The first-order valence-corrected chi connectivity index (χ1v) is 6.78. The van der Waals surface area contributed by atoms with E-state index in [1.165, 1.54) is 18.3 Å². The molecule has 0 saturated carbocycles. The van der Waals surface area contributed by atoms with Crippen molar-refractivity contribution in [2.75, 3.05) is 0 Å². The van der Waals surface area contributed by atoms with E-state index in [0.717, 1.165) is 6.08 Å². The number of alkyl halides is 3. The summed E-state index contributed by atoms with van der Waals surface area (Å²) in [5.41, 5.74) is 4.92. The van der Waals surface area contributed by atoms with Gasteiger partial charge in [0.2, 0.25) is 0 Å². The van der Waals surface area contributed by atoms with Gasteiger partial charge in [0.25, 0.3) is 5.82 Å². The summed E-state index contributed by atoms with van der Waals surface area (Å²) in [6.07, 6.45) is -2.46. The zero-order valence-electron chi connectivity index (χ0n) is 12.1. The van der Waals surface area contributed by atoms with E-state index < -0.39 is 30.2 Å². The van der Waals surface area contributed by atoms with E-state index in [2.05, 4.69) is 25.4 Å². The van der Waals surface area contributed by atoms with Gasteiger partial charge in [-0.15, -0.1) is 10.2 Å². The lowest BCUT2D eigenvalue weighted by molar-refractivity contribution is -0.145. The van der Waals surface area contributed by atoms with Crippen LogP contribution in [0.5, 0.6) is 0 Å². The molecule has 0 radical (unpaired) electrons. The summed E-state index contributed by atoms with van der Waals surface area (Å²) in [4.78, 5) is 19.4. The number of pyridine rings is 1. The Hall–Kier alpha value is -3.02. The summed E-state index contributed by atoms with van der Waals surface area (Å²) in [5.74, 6) is -2.93. The number of rotatable bonds is 5. The number of halogens is 4. The molecule has 9 nitrogen and oxygen atoms in total. The number of allylic oxidation sites excluding steroid dienone is 1. The second-order valence-corrected chi connectivity index (χ2v) is 4.88. The van der Waals surface area contributed by atoms with Crippen molar-refractivity contribution in [2.45, 2.75) is 12.7 Å². The largest absolute Gasteiger partial charge is 0.477 e. The predicted octanol–water partition coefficient (Wildman–Crippen LogP) is 1.44. The van der Waals surface area contributed by atoms with Crippen LogP contribution in [0.2, 0.25) is 5.02 Å². The van der Waals surface area contributed by atoms with Crippen LogP contribution in [0.1, 0.15) is 5.82 Å². The average molecular weight is 376 g/mol. The van der Waals surface area contributed by atoms with Gasteiger partial charge in [0.1, 0.15) is 6.54 Å². The van der Waals surface area contributed by atoms with Gasteiger partial charge in [-0.1, -0.05) is 11.6 Å². The normalized spacial score (nSPS) is 13.1. The third kappa shape index (κ3) is 4.97. The van der Waals surface area contributed by atoms with Crippen molar-refractivity contribution in [1.29, 1.82) is 0 Å². The van der Waals surface area contributed by atoms with Gasteiger partial charge in [-0.3, -0.25) is 0 Å². The third-order valence-electron chi connectivity index (χ3n) is 2.54. The summed E-state index contributed by atoms with van der Waals surface area (Å²) >= 11 is 5.83. The highest BCUT2D eigenvalue weighted by molar-refractivity contribution is 6.41. The van der Waals surface area contributed by atoms with E-state index in [4.69, 9.17) is 22.4 Å². The van der Waals surface area contributed by atoms with Gasteiger partial charge in [-0.05, 0) is 23.4 Å². The first kappa shape index (κ1) is 18.3. The molecule has 2 rings (SSSR count). The Morgan fingerprint density at radius 3 is 2.76 bits per heavy atom. The molecule has 0 aromatic carbocycles. The first-order valence-electron chi connectivity index (χ1n) is 6.40. The van der Waals surface area contributed by atoms with Crippen LogP contribution in [-0.2, 0) is 17.5 Å². The van der Waals surface area contributed by atoms with Gasteiger partial charge in [-0.2, -0.15) is 18.0 Å². The molecule has 0 aliphatic carbocycles. The maximum absolute atomic E-state index is 12.4. The molecular weight excluding hydrogens is 367 g/mol. The van der Waals surface area contributed by atoms with Gasteiger partial charge >= 0.3 is 12.1 Å². The number of tetrazole rings is 1. The van der Waals surface area contributed by atoms with Crippen molar-refractivity contribution in [1.82, 2.24) is 25.2 Å². The van der Waals surface area contributed by atoms with E-state index in [1.54, 1.807) is 0 Å². The second-order valence-electron chi connectivity index (χ2n) is 4.47. The number of carboxylic acids is 1. The van der Waals surface area contributed by atoms with Crippen molar-refractivity contribution in [3.63, 3.8) is 0 Å². The number of carbonyl (C=O) groups is 1. The lowest BCUT2D eigenvalue weighted by atomic mass is 10.3. The number of aromatic nitrogens is 5. The Morgan fingerprint density at radius 2 is 2.20 bits per heavy atom. The smallest absolute Gasteiger partial charge is 0.455 e. The first-order chi connectivity index (χ1) is 11.7. The molecular formula is C12H9ClF3N7O2. The van der Waals surface area contributed by atoms with Gasteiger partial charge < -0.3 is 10.8 Å². The number of nitrogens with zero attached hydrogens (tertiary/aromatic N) is 6. The van der Waals surface area contributed by atoms with Crippen LogP contribution in [0.3, 0.4) is 0 Å². The van der Waals surface area contributed by atoms with Gasteiger partial charge in [0.05, 0.1) is 5.02 Å². The van der Waals surface area contributed by atoms with Crippen molar-refractivity contribution in [3.8, 4) is 0 Å². The number of hydrogen-bond donors (Lipinski definition) is 2. The van der Waals surface area contributed by atoms with E-state index in [0.29, 0.717) is 4.80 Å². The zero-order chi connectivity index (χ0) is 18.6. The van der Waals surface area contributed by atoms with Crippen molar-refractivity contribution in [3.05, 3.63) is 40.9 Å². The second kappa shape index (κ2) is 7.25. The van der Waals surface area contributed by atoms with E-state index >= 15 is 0 Å². The molecule has 0 atom stereocenters. The minimum Gasteiger partial charge on any atom is -0.477 e. The highest BCUT2D eigenvalue weighted by atomic mass is 35.5. The van der Waals surface area contributed by atoms with E-state index in [1.807, 2.05) is 0 Å². The van der Waals surface area contributed by atoms with Crippen LogP contribution >= 0.6 is 11.6 Å². The van der Waals surface area contributed by atoms with Crippen LogP contribution in [0.4, 0.5) is 19.0 Å². The molecule has 0 bridgehead atoms. The summed E-state index contributed by atoms with van der Waals surface area (Å²) in [5, 5.41) is 18.4. The number of aliphatic carboxylic acids is 1. The molecule has 25 heavy (non-hydrogen) atoms. The monoisotopic (exact) mass is 375 g/mol. The molecule has 0 saturated heterocycles. The Balaban J connectivity index is 2.24. The van der Waals surface area contributed by atoms with Crippen LogP contribution in [0.25, 0.3) is 0 Å². The fourth-order valence-electron chi connectivity index (χ4n) is 1.52. The molecule has 132 valence electrons. The van der Waals surface area contributed by atoms with Gasteiger partial charge in [-0.25, -0.2) is 14.8 Å². The fourth-order valence-corrected chi connectivity index (χ4v) is 1.69. The van der Waals surface area contributed by atoms with E-state index in [-0.39, 0.29) is 16.5 Å². The van der Waals surface area contributed by atoms with Crippen LogP contribution < -0.4 is 5.73 Å². The maximum Gasteiger partial charge on any atom is 0.455 e. The highest BCUT2D eigenvalue weighted by Gasteiger charge is 2.36. The van der Waals surface area contributed by atoms with Crippen molar-refractivity contribution in [2.24, 2.45) is 10.7 Å². The molecule has 0 amide bonds. The van der Waals surface area contributed by atoms with Gasteiger partial charge in [0, 0.05) is 11.9 Å². The Labute approximate surface area is 142 Å².